The van der Waals surface area contributed by atoms with Crippen molar-refractivity contribution in [2.24, 2.45) is 0 Å². The minimum absolute atomic E-state index is 0.170. The Hall–Kier alpha value is -0.730. The van der Waals surface area contributed by atoms with E-state index in [4.69, 9.17) is 20.1 Å². The second kappa shape index (κ2) is 17.7. The van der Waals surface area contributed by atoms with Gasteiger partial charge in [-0.1, -0.05) is 44.9 Å². The Morgan fingerprint density at radius 2 is 1.23 bits per heavy atom. The van der Waals surface area contributed by atoms with E-state index < -0.39 is 24.9 Å². The maximum Gasteiger partial charge on any atom is 0.305 e. The zero-order chi connectivity index (χ0) is 19.6. The lowest BCUT2D eigenvalue weighted by Crippen LogP contribution is -2.25. The molecule has 0 aliphatic rings. The molecule has 0 amide bonds. The molecule has 7 heteroatoms. The van der Waals surface area contributed by atoms with Crippen molar-refractivity contribution in [1.82, 2.24) is 0 Å². The summed E-state index contributed by atoms with van der Waals surface area (Å²) < 4.78 is 4.81. The smallest absolute Gasteiger partial charge is 0.305 e. The first-order valence-corrected chi connectivity index (χ1v) is 9.92. The van der Waals surface area contributed by atoms with Gasteiger partial charge in [-0.05, 0) is 25.7 Å². The summed E-state index contributed by atoms with van der Waals surface area (Å²) in [6.45, 7) is -0.381. The molecule has 0 aliphatic carbocycles. The van der Waals surface area contributed by atoms with Crippen LogP contribution < -0.4 is 0 Å². The zero-order valence-corrected chi connectivity index (χ0v) is 15.9. The molecule has 0 aromatic heterocycles. The Kier molecular flexibility index (Phi) is 17.2. The van der Waals surface area contributed by atoms with Crippen molar-refractivity contribution in [1.29, 1.82) is 0 Å². The molecular weight excluding hydrogens is 340 g/mol. The Bertz CT molecular complexity index is 325. The maximum atomic E-state index is 11.4. The van der Waals surface area contributed by atoms with E-state index in [9.17, 15) is 15.0 Å². The van der Waals surface area contributed by atoms with Gasteiger partial charge < -0.3 is 30.3 Å². The normalized spacial score (nSPS) is 14.8. The summed E-state index contributed by atoms with van der Waals surface area (Å²) in [6, 6.07) is 0. The number of aliphatic hydroxyl groups excluding tert-OH is 5. The monoisotopic (exact) mass is 378 g/mol. The molecule has 3 unspecified atom stereocenters. The predicted molar refractivity (Wildman–Crippen MR) is 98.6 cm³/mol. The third-order valence-electron chi connectivity index (χ3n) is 4.38. The minimum Gasteiger partial charge on any atom is -0.463 e. The van der Waals surface area contributed by atoms with E-state index in [1.54, 1.807) is 0 Å². The van der Waals surface area contributed by atoms with E-state index in [0.717, 1.165) is 51.4 Å². The van der Waals surface area contributed by atoms with Gasteiger partial charge in [0.05, 0.1) is 18.8 Å². The highest BCUT2D eigenvalue weighted by atomic mass is 16.5. The SMILES string of the molecule is O=C(CCCCCCCC(O)C(O)CCCCCCO)OCC(O)CO. The molecule has 26 heavy (non-hydrogen) atoms. The molecular formula is C19H38O7. The van der Waals surface area contributed by atoms with Crippen molar-refractivity contribution in [3.8, 4) is 0 Å². The molecule has 0 aliphatic heterocycles. The van der Waals surface area contributed by atoms with Gasteiger partial charge in [0.1, 0.15) is 12.7 Å². The van der Waals surface area contributed by atoms with Crippen LogP contribution in [0.5, 0.6) is 0 Å². The van der Waals surface area contributed by atoms with Crippen LogP contribution in [-0.4, -0.2) is 69.6 Å². The summed E-state index contributed by atoms with van der Waals surface area (Å²) in [5.41, 5.74) is 0. The van der Waals surface area contributed by atoms with Crippen LogP contribution in [0.3, 0.4) is 0 Å². The largest absolute Gasteiger partial charge is 0.463 e. The zero-order valence-electron chi connectivity index (χ0n) is 15.9. The standard InChI is InChI=1S/C19H38O7/c20-13-9-5-4-7-11-18(24)17(23)10-6-2-1-3-8-12-19(25)26-15-16(22)14-21/h16-18,20-24H,1-15H2. The molecule has 0 heterocycles. The highest BCUT2D eigenvalue weighted by Crippen LogP contribution is 2.14. The van der Waals surface area contributed by atoms with E-state index in [1.807, 2.05) is 0 Å². The van der Waals surface area contributed by atoms with Crippen molar-refractivity contribution in [3.63, 3.8) is 0 Å². The van der Waals surface area contributed by atoms with Crippen molar-refractivity contribution in [2.75, 3.05) is 19.8 Å². The second-order valence-corrected chi connectivity index (χ2v) is 6.89. The maximum absolute atomic E-state index is 11.4. The third kappa shape index (κ3) is 15.5. The number of hydrogen-bond acceptors (Lipinski definition) is 7. The van der Waals surface area contributed by atoms with Crippen LogP contribution in [0.1, 0.15) is 77.0 Å². The fourth-order valence-electron chi connectivity index (χ4n) is 2.67. The van der Waals surface area contributed by atoms with Crippen molar-refractivity contribution < 1.29 is 35.1 Å². The van der Waals surface area contributed by atoms with Gasteiger partial charge in [-0.2, -0.15) is 0 Å². The van der Waals surface area contributed by atoms with Crippen LogP contribution in [0.25, 0.3) is 0 Å². The van der Waals surface area contributed by atoms with E-state index in [2.05, 4.69) is 0 Å². The van der Waals surface area contributed by atoms with E-state index in [-0.39, 0.29) is 19.2 Å². The molecule has 7 nitrogen and oxygen atoms in total. The van der Waals surface area contributed by atoms with E-state index in [0.29, 0.717) is 25.7 Å². The topological polar surface area (TPSA) is 127 Å². The summed E-state index contributed by atoms with van der Waals surface area (Å²) in [5, 5.41) is 46.2. The number of ether oxygens (including phenoxy) is 1. The molecule has 156 valence electrons. The van der Waals surface area contributed by atoms with Gasteiger partial charge in [0.2, 0.25) is 0 Å². The van der Waals surface area contributed by atoms with Gasteiger partial charge in [0.25, 0.3) is 0 Å². The lowest BCUT2D eigenvalue weighted by Gasteiger charge is -2.17. The fraction of sp³-hybridized carbons (Fsp3) is 0.947. The summed E-state index contributed by atoms with van der Waals surface area (Å²) in [7, 11) is 0. The van der Waals surface area contributed by atoms with Crippen LogP contribution >= 0.6 is 0 Å². The Morgan fingerprint density at radius 1 is 0.731 bits per heavy atom. The van der Waals surface area contributed by atoms with Gasteiger partial charge in [0.15, 0.2) is 0 Å². The first-order valence-electron chi connectivity index (χ1n) is 9.92. The average Bonchev–Trinajstić information content (AvgIpc) is 2.64. The van der Waals surface area contributed by atoms with E-state index >= 15 is 0 Å². The molecule has 0 bridgehead atoms. The minimum atomic E-state index is -1.01. The van der Waals surface area contributed by atoms with E-state index in [1.165, 1.54) is 0 Å². The van der Waals surface area contributed by atoms with Crippen molar-refractivity contribution in [2.45, 2.75) is 95.4 Å². The van der Waals surface area contributed by atoms with Gasteiger partial charge >= 0.3 is 5.97 Å². The number of unbranched alkanes of at least 4 members (excludes halogenated alkanes) is 7. The van der Waals surface area contributed by atoms with Gasteiger partial charge in [-0.15, -0.1) is 0 Å². The summed E-state index contributed by atoms with van der Waals surface area (Å²) in [4.78, 5) is 11.4. The highest BCUT2D eigenvalue weighted by Gasteiger charge is 2.15. The van der Waals surface area contributed by atoms with Crippen molar-refractivity contribution in [3.05, 3.63) is 0 Å². The van der Waals surface area contributed by atoms with Crippen LogP contribution in [0.4, 0.5) is 0 Å². The number of carbonyl (C=O) groups excluding carboxylic acids is 1. The molecule has 0 fully saturated rings. The lowest BCUT2D eigenvalue weighted by atomic mass is 10.00. The molecule has 0 rings (SSSR count). The molecule has 0 aromatic rings. The number of aliphatic hydroxyl groups is 5. The van der Waals surface area contributed by atoms with Crippen LogP contribution in [0.2, 0.25) is 0 Å². The number of rotatable bonds is 18. The van der Waals surface area contributed by atoms with Gasteiger partial charge in [-0.3, -0.25) is 4.79 Å². The molecule has 0 aromatic carbocycles. The summed E-state index contributed by atoms with van der Waals surface area (Å²) in [5.74, 6) is -0.366. The van der Waals surface area contributed by atoms with Crippen LogP contribution in [0, 0.1) is 0 Å². The molecule has 0 saturated heterocycles. The second-order valence-electron chi connectivity index (χ2n) is 6.89. The lowest BCUT2D eigenvalue weighted by molar-refractivity contribution is -0.147. The third-order valence-corrected chi connectivity index (χ3v) is 4.38. The average molecular weight is 379 g/mol. The Morgan fingerprint density at radius 3 is 1.77 bits per heavy atom. The number of esters is 1. The van der Waals surface area contributed by atoms with Gasteiger partial charge in [-0.25, -0.2) is 0 Å². The Labute approximate surface area is 157 Å². The molecule has 5 N–H and O–H groups in total. The highest BCUT2D eigenvalue weighted by molar-refractivity contribution is 5.69. The summed E-state index contributed by atoms with van der Waals surface area (Å²) in [6.07, 6.45) is 7.04. The quantitative estimate of drug-likeness (QED) is 0.179. The number of carbonyl (C=O) groups is 1. The fourth-order valence-corrected chi connectivity index (χ4v) is 2.67. The molecule has 0 spiro atoms. The molecule has 0 saturated carbocycles. The Balaban J connectivity index is 3.46. The first-order chi connectivity index (χ1) is 12.5. The van der Waals surface area contributed by atoms with Crippen molar-refractivity contribution >= 4 is 5.97 Å². The predicted octanol–water partition coefficient (Wildman–Crippen LogP) is 1.28. The van der Waals surface area contributed by atoms with Gasteiger partial charge in [0, 0.05) is 13.0 Å². The number of hydrogen-bond donors (Lipinski definition) is 5. The summed E-state index contributed by atoms with van der Waals surface area (Å²) >= 11 is 0. The molecule has 0 radical (unpaired) electrons. The van der Waals surface area contributed by atoms with Crippen LogP contribution in [-0.2, 0) is 9.53 Å². The molecule has 3 atom stereocenters. The van der Waals surface area contributed by atoms with Crippen LogP contribution in [0.15, 0.2) is 0 Å². The first kappa shape index (κ1) is 25.3.